The Bertz CT molecular complexity index is 6020. The SMILES string of the molecule is CC(C)(C)[Si](C)(C)Oc1ccc2ccccc2c1Cc1c(OC(=O)Oc2ccc3ccccc3c2Cc2c(OC(=O)Oc3ccc4ccccc4c3Cc3c(OC(=O)Oc4ccc5ccccc5c4Cc4c(O[Si](C)(C)C(C)(C)C)ccc5ccccc45)ccc4ccccc34)ccc3ccccc23)ccc2ccccc12. The zero-order valence-electron chi connectivity index (χ0n) is 64.5. The summed E-state index contributed by atoms with van der Waals surface area (Å²) in [6.07, 6.45) is -1.79. The highest BCUT2D eigenvalue weighted by molar-refractivity contribution is 6.75. The average Bonchev–Trinajstić information content (AvgIpc) is 0.782. The molecule has 16 rings (SSSR count). The molecule has 0 amide bonds. The molecular weight excluding hydrogens is 1420 g/mol. The number of carbonyl (C=O) groups is 3. The Morgan fingerprint density at radius 2 is 0.357 bits per heavy atom. The maximum atomic E-state index is 15.1. The maximum Gasteiger partial charge on any atom is 0.519 e. The maximum absolute atomic E-state index is 15.1. The van der Waals surface area contributed by atoms with Crippen LogP contribution >= 0.6 is 0 Å². The lowest BCUT2D eigenvalue weighted by Gasteiger charge is -2.37. The van der Waals surface area contributed by atoms with E-state index in [9.17, 15) is 9.59 Å². The van der Waals surface area contributed by atoms with E-state index in [1.54, 1.807) is 24.3 Å². The number of ether oxygens (including phenoxy) is 6. The minimum atomic E-state index is -2.34. The lowest BCUT2D eigenvalue weighted by molar-refractivity contribution is 0.150. The zero-order valence-corrected chi connectivity index (χ0v) is 66.5. The highest BCUT2D eigenvalue weighted by Crippen LogP contribution is 2.47. The van der Waals surface area contributed by atoms with Crippen LogP contribution in [-0.4, -0.2) is 35.1 Å². The van der Waals surface area contributed by atoms with Gasteiger partial charge in [-0.3, -0.25) is 0 Å². The van der Waals surface area contributed by atoms with Crippen LogP contribution in [0.2, 0.25) is 36.3 Å². The van der Waals surface area contributed by atoms with Crippen molar-refractivity contribution in [1.29, 1.82) is 0 Å². The normalized spacial score (nSPS) is 12.1. The summed E-state index contributed by atoms with van der Waals surface area (Å²) in [4.78, 5) is 44.8. The van der Waals surface area contributed by atoms with Crippen LogP contribution in [0.5, 0.6) is 46.0 Å². The summed E-state index contributed by atoms with van der Waals surface area (Å²) in [5, 5.41) is 14.7. The molecule has 0 spiro atoms. The lowest BCUT2D eigenvalue weighted by atomic mass is 9.93. The van der Waals surface area contributed by atoms with E-state index in [1.807, 2.05) is 194 Å². The minimum absolute atomic E-state index is 0.0679. The minimum Gasteiger partial charge on any atom is -0.543 e. The molecule has 0 aliphatic heterocycles. The van der Waals surface area contributed by atoms with Gasteiger partial charge in [-0.15, -0.1) is 0 Å². The molecular formula is C99H86O11Si2. The average molecular weight is 1510 g/mol. The van der Waals surface area contributed by atoms with Gasteiger partial charge in [0.15, 0.2) is 0 Å². The van der Waals surface area contributed by atoms with Crippen LogP contribution in [-0.2, 0) is 25.7 Å². The summed E-state index contributed by atoms with van der Waals surface area (Å²) in [5.74, 6) is 3.29. The van der Waals surface area contributed by atoms with Crippen LogP contribution in [0.25, 0.3) is 86.2 Å². The first kappa shape index (κ1) is 73.6. The van der Waals surface area contributed by atoms with Gasteiger partial charge in [0, 0.05) is 70.2 Å². The third-order valence-corrected chi connectivity index (χ3v) is 31.6. The van der Waals surface area contributed by atoms with Crippen molar-refractivity contribution in [3.8, 4) is 46.0 Å². The fourth-order valence-electron chi connectivity index (χ4n) is 14.9. The van der Waals surface area contributed by atoms with Gasteiger partial charge in [-0.1, -0.05) is 284 Å². The summed E-state index contributed by atoms with van der Waals surface area (Å²) >= 11 is 0. The zero-order chi connectivity index (χ0) is 77.6. The van der Waals surface area contributed by atoms with Gasteiger partial charge in [-0.05, 0) is 171 Å². The highest BCUT2D eigenvalue weighted by Gasteiger charge is 2.41. The van der Waals surface area contributed by atoms with Crippen molar-refractivity contribution in [2.45, 2.75) is 103 Å². The molecule has 0 saturated heterocycles. The van der Waals surface area contributed by atoms with Crippen LogP contribution in [0.4, 0.5) is 14.4 Å². The molecule has 0 unspecified atom stereocenters. The Hall–Kier alpha value is -12.6. The molecule has 0 aliphatic carbocycles. The molecule has 0 radical (unpaired) electrons. The number of benzene rings is 16. The van der Waals surface area contributed by atoms with Crippen LogP contribution in [0.3, 0.4) is 0 Å². The second kappa shape index (κ2) is 30.0. The second-order valence-electron chi connectivity index (χ2n) is 31.9. The first-order valence-corrected chi connectivity index (χ1v) is 43.9. The third kappa shape index (κ3) is 14.8. The summed E-state index contributed by atoms with van der Waals surface area (Å²) in [6.45, 7) is 22.4. The third-order valence-electron chi connectivity index (χ3n) is 22.9. The van der Waals surface area contributed by atoms with Gasteiger partial charge in [-0.2, -0.15) is 0 Å². The molecule has 0 aliphatic rings. The first-order chi connectivity index (χ1) is 54.0. The molecule has 556 valence electrons. The Morgan fingerprint density at radius 1 is 0.214 bits per heavy atom. The van der Waals surface area contributed by atoms with Gasteiger partial charge < -0.3 is 37.3 Å². The molecule has 0 N–H and O–H groups in total. The summed E-state index contributed by atoms with van der Waals surface area (Å²) in [5.41, 5.74) is 6.18. The predicted molar refractivity (Wildman–Crippen MR) is 458 cm³/mol. The van der Waals surface area contributed by atoms with E-state index in [0.29, 0.717) is 46.6 Å². The quantitative estimate of drug-likeness (QED) is 0.0463. The molecule has 11 nitrogen and oxygen atoms in total. The van der Waals surface area contributed by atoms with E-state index >= 15 is 4.79 Å². The van der Waals surface area contributed by atoms with Crippen molar-refractivity contribution in [1.82, 2.24) is 0 Å². The van der Waals surface area contributed by atoms with Gasteiger partial charge in [-0.25, -0.2) is 14.4 Å². The van der Waals surface area contributed by atoms with Crippen LogP contribution < -0.4 is 37.3 Å². The second-order valence-corrected chi connectivity index (χ2v) is 41.4. The molecule has 0 saturated carbocycles. The van der Waals surface area contributed by atoms with Crippen molar-refractivity contribution >= 4 is 121 Å². The van der Waals surface area contributed by atoms with Crippen LogP contribution in [0.15, 0.2) is 291 Å². The van der Waals surface area contributed by atoms with E-state index in [2.05, 4.69) is 141 Å². The molecule has 0 aromatic heterocycles. The Kier molecular flexibility index (Phi) is 19.7. The monoisotopic (exact) mass is 1510 g/mol. The lowest BCUT2D eigenvalue weighted by Crippen LogP contribution is -2.44. The topological polar surface area (TPSA) is 125 Å². The fraction of sp³-hybridized carbons (Fsp3) is 0.162. The highest BCUT2D eigenvalue weighted by atomic mass is 28.4. The summed E-state index contributed by atoms with van der Waals surface area (Å²) < 4.78 is 53.1. The Labute approximate surface area is 654 Å². The van der Waals surface area contributed by atoms with E-state index in [1.165, 1.54) is 0 Å². The van der Waals surface area contributed by atoms with Gasteiger partial charge >= 0.3 is 18.5 Å². The molecule has 0 heterocycles. The number of fused-ring (bicyclic) bond motifs is 8. The van der Waals surface area contributed by atoms with E-state index in [-0.39, 0.29) is 45.9 Å². The smallest absolute Gasteiger partial charge is 0.519 e. The first-order valence-electron chi connectivity index (χ1n) is 38.1. The van der Waals surface area contributed by atoms with E-state index < -0.39 is 35.1 Å². The van der Waals surface area contributed by atoms with Gasteiger partial charge in [0.05, 0.1) is 0 Å². The Morgan fingerprint density at radius 3 is 0.518 bits per heavy atom. The van der Waals surface area contributed by atoms with Crippen molar-refractivity contribution in [3.63, 3.8) is 0 Å². The number of hydrogen-bond donors (Lipinski definition) is 0. The van der Waals surface area contributed by atoms with Crippen LogP contribution in [0.1, 0.15) is 86.1 Å². The standard InChI is InChI=1S/C99H86O11Si2/c1-98(2,3)111(7,8)109-93-57-49-69-33-17-25-41-77(69)85(93)61-83-75-39-23-15-31-67(75)47-55-91(83)107-96(101)105-89-53-45-65-29-13-21-37-73(65)81(89)59-79-71-35-19-11-27-63(71)43-51-87(79)103-95(100)104-88-52-44-64-28-12-20-36-72(64)80(88)60-82-74-38-22-14-30-66(74)46-54-90(82)106-97(102)108-92-56-48-68-32-16-24-40-76(68)84(92)62-86-78-42-26-18-34-70(78)50-58-94(86)110-112(9,10)99(4,5)6/h11-58H,59-62H2,1-10H3. The van der Waals surface area contributed by atoms with E-state index in [0.717, 1.165) is 120 Å². The Balaban J connectivity index is 0.705. The summed E-state index contributed by atoms with van der Waals surface area (Å²) in [7, 11) is -4.67. The largest absolute Gasteiger partial charge is 0.543 e. The number of hydrogen-bond acceptors (Lipinski definition) is 11. The van der Waals surface area contributed by atoms with Gasteiger partial charge in [0.2, 0.25) is 16.6 Å². The van der Waals surface area contributed by atoms with Gasteiger partial charge in [0.1, 0.15) is 46.0 Å². The molecule has 16 aromatic carbocycles. The van der Waals surface area contributed by atoms with E-state index in [4.69, 9.17) is 37.3 Å². The fourth-order valence-corrected chi connectivity index (χ4v) is 17.0. The molecule has 13 heteroatoms. The van der Waals surface area contributed by atoms with Crippen molar-refractivity contribution in [2.75, 3.05) is 0 Å². The summed E-state index contributed by atoms with van der Waals surface area (Å²) in [6, 6.07) is 95.2. The predicted octanol–water partition coefficient (Wildman–Crippen LogP) is 26.8. The van der Waals surface area contributed by atoms with Gasteiger partial charge in [0.25, 0.3) is 0 Å². The number of rotatable bonds is 18. The molecule has 0 bridgehead atoms. The number of carbonyl (C=O) groups excluding carboxylic acids is 3. The van der Waals surface area contributed by atoms with Crippen molar-refractivity contribution in [3.05, 3.63) is 336 Å². The van der Waals surface area contributed by atoms with Crippen LogP contribution in [0, 0.1) is 0 Å². The van der Waals surface area contributed by atoms with Crippen molar-refractivity contribution in [2.24, 2.45) is 0 Å². The molecule has 112 heavy (non-hydrogen) atoms. The van der Waals surface area contributed by atoms with Crippen molar-refractivity contribution < 1.29 is 51.7 Å². The molecule has 0 atom stereocenters. The molecule has 16 aromatic rings. The molecule has 0 fully saturated rings.